The molecule has 2 heterocycles. The van der Waals surface area contributed by atoms with E-state index < -0.39 is 21.8 Å². The molecule has 2 amide bonds. The third-order valence-corrected chi connectivity index (χ3v) is 6.38. The molecule has 2 N–H and O–H groups in total. The van der Waals surface area contributed by atoms with Crippen molar-refractivity contribution in [2.45, 2.75) is 11.8 Å². The van der Waals surface area contributed by atoms with Crippen LogP contribution in [0.15, 0.2) is 88.6 Å². The van der Waals surface area contributed by atoms with Gasteiger partial charge in [-0.05, 0) is 55.5 Å². The monoisotopic (exact) mass is 468 g/mol. The number of aryl methyl sites for hydroxylation is 1. The maximum absolute atomic E-state index is 12.8. The first kappa shape index (κ1) is 21.5. The van der Waals surface area contributed by atoms with Crippen LogP contribution in [0.4, 0.5) is 17.2 Å². The van der Waals surface area contributed by atoms with Gasteiger partial charge in [0.15, 0.2) is 0 Å². The predicted molar refractivity (Wildman–Crippen MR) is 122 cm³/mol. The SMILES string of the molecule is Cc1ccc(N2C(=O)C(Cl)=C(Nc3ccc(S(=O)(=O)Nc4ccccn4)cc3)C2=O)cc1. The van der Waals surface area contributed by atoms with Gasteiger partial charge in [-0.15, -0.1) is 0 Å². The summed E-state index contributed by atoms with van der Waals surface area (Å²) in [6.07, 6.45) is 1.47. The summed E-state index contributed by atoms with van der Waals surface area (Å²) in [5.41, 5.74) is 1.70. The number of imide groups is 1. The van der Waals surface area contributed by atoms with Crippen molar-refractivity contribution < 1.29 is 18.0 Å². The molecule has 0 atom stereocenters. The fourth-order valence-electron chi connectivity index (χ4n) is 3.02. The van der Waals surface area contributed by atoms with E-state index in [1.165, 1.54) is 36.5 Å². The number of rotatable bonds is 6. The van der Waals surface area contributed by atoms with Crippen LogP contribution in [0.5, 0.6) is 0 Å². The van der Waals surface area contributed by atoms with E-state index in [9.17, 15) is 18.0 Å². The van der Waals surface area contributed by atoms with E-state index >= 15 is 0 Å². The lowest BCUT2D eigenvalue weighted by Gasteiger charge is -2.15. The molecule has 0 bridgehead atoms. The third-order valence-electron chi connectivity index (χ3n) is 4.66. The first-order valence-corrected chi connectivity index (χ1v) is 11.3. The number of carbonyl (C=O) groups excluding carboxylic acids is 2. The molecule has 0 aliphatic carbocycles. The number of nitrogens with one attached hydrogen (secondary N) is 2. The Balaban J connectivity index is 1.52. The number of hydrogen-bond acceptors (Lipinski definition) is 6. The Hall–Kier alpha value is -3.69. The number of benzene rings is 2. The number of carbonyl (C=O) groups is 2. The Morgan fingerprint density at radius 1 is 0.906 bits per heavy atom. The highest BCUT2D eigenvalue weighted by Crippen LogP contribution is 2.30. The number of sulfonamides is 1. The number of nitrogens with zero attached hydrogens (tertiary/aromatic N) is 2. The lowest BCUT2D eigenvalue weighted by atomic mass is 10.2. The zero-order valence-electron chi connectivity index (χ0n) is 16.7. The van der Waals surface area contributed by atoms with Crippen LogP contribution in [0.25, 0.3) is 0 Å². The molecule has 10 heteroatoms. The predicted octanol–water partition coefficient (Wildman–Crippen LogP) is 3.63. The molecule has 0 spiro atoms. The van der Waals surface area contributed by atoms with Crippen molar-refractivity contribution in [2.24, 2.45) is 0 Å². The van der Waals surface area contributed by atoms with Gasteiger partial charge in [0.25, 0.3) is 21.8 Å². The van der Waals surface area contributed by atoms with Crippen LogP contribution in [0.1, 0.15) is 5.56 Å². The third kappa shape index (κ3) is 4.20. The quantitative estimate of drug-likeness (QED) is 0.535. The maximum atomic E-state index is 12.8. The molecule has 1 aliphatic rings. The van der Waals surface area contributed by atoms with E-state index in [2.05, 4.69) is 15.0 Å². The topological polar surface area (TPSA) is 108 Å². The molecule has 0 saturated heterocycles. The minimum Gasteiger partial charge on any atom is -0.350 e. The number of anilines is 3. The second-order valence-electron chi connectivity index (χ2n) is 6.94. The number of hydrogen-bond donors (Lipinski definition) is 2. The zero-order chi connectivity index (χ0) is 22.9. The standard InChI is InChI=1S/C22H17ClN4O4S/c1-14-5-9-16(10-6-14)27-21(28)19(23)20(22(27)29)25-15-7-11-17(12-8-15)32(30,31)26-18-4-2-3-13-24-18/h2-13,25H,1H3,(H,24,26). The van der Waals surface area contributed by atoms with Crippen LogP contribution < -0.4 is 14.9 Å². The summed E-state index contributed by atoms with van der Waals surface area (Å²) < 4.78 is 27.4. The van der Waals surface area contributed by atoms with E-state index in [1.807, 2.05) is 6.92 Å². The summed E-state index contributed by atoms with van der Waals surface area (Å²) >= 11 is 6.14. The summed E-state index contributed by atoms with van der Waals surface area (Å²) in [6.45, 7) is 1.89. The van der Waals surface area contributed by atoms with Crippen LogP contribution in [-0.2, 0) is 19.6 Å². The lowest BCUT2D eigenvalue weighted by Crippen LogP contribution is -2.32. The van der Waals surface area contributed by atoms with Gasteiger partial charge in [0.05, 0.1) is 10.6 Å². The van der Waals surface area contributed by atoms with Gasteiger partial charge in [0.2, 0.25) is 0 Å². The molecule has 0 unspecified atom stereocenters. The Morgan fingerprint density at radius 2 is 1.59 bits per heavy atom. The molecule has 0 fully saturated rings. The van der Waals surface area contributed by atoms with Crippen molar-refractivity contribution in [3.8, 4) is 0 Å². The summed E-state index contributed by atoms with van der Waals surface area (Å²) in [5.74, 6) is -1.04. The number of pyridine rings is 1. The maximum Gasteiger partial charge on any atom is 0.283 e. The van der Waals surface area contributed by atoms with Crippen molar-refractivity contribution >= 4 is 50.6 Å². The van der Waals surface area contributed by atoms with Gasteiger partial charge in [-0.3, -0.25) is 14.3 Å². The normalized spacial score (nSPS) is 14.1. The molecular weight excluding hydrogens is 452 g/mol. The summed E-state index contributed by atoms with van der Waals surface area (Å²) in [6, 6.07) is 17.4. The minimum absolute atomic E-state index is 0.00360. The largest absolute Gasteiger partial charge is 0.350 e. The molecule has 162 valence electrons. The Kier molecular flexibility index (Phi) is 5.68. The minimum atomic E-state index is -3.84. The lowest BCUT2D eigenvalue weighted by molar-refractivity contribution is -0.120. The van der Waals surface area contributed by atoms with Crippen molar-refractivity contribution in [3.05, 3.63) is 89.2 Å². The molecular formula is C22H17ClN4O4S. The van der Waals surface area contributed by atoms with Crippen LogP contribution in [0.3, 0.4) is 0 Å². The van der Waals surface area contributed by atoms with Gasteiger partial charge in [0, 0.05) is 11.9 Å². The van der Waals surface area contributed by atoms with E-state index in [0.717, 1.165) is 10.5 Å². The zero-order valence-corrected chi connectivity index (χ0v) is 18.3. The fourth-order valence-corrected chi connectivity index (χ4v) is 4.24. The highest BCUT2D eigenvalue weighted by molar-refractivity contribution is 7.92. The van der Waals surface area contributed by atoms with Gasteiger partial charge >= 0.3 is 0 Å². The summed E-state index contributed by atoms with van der Waals surface area (Å²) in [4.78, 5) is 30.3. The van der Waals surface area contributed by atoms with Gasteiger partial charge in [-0.25, -0.2) is 18.3 Å². The second kappa shape index (κ2) is 8.45. The number of amides is 2. The van der Waals surface area contributed by atoms with Crippen molar-refractivity contribution in [1.82, 2.24) is 4.98 Å². The molecule has 0 saturated carbocycles. The highest BCUT2D eigenvalue weighted by Gasteiger charge is 2.38. The number of aromatic nitrogens is 1. The van der Waals surface area contributed by atoms with Gasteiger partial charge in [0.1, 0.15) is 16.5 Å². The van der Waals surface area contributed by atoms with Crippen molar-refractivity contribution in [1.29, 1.82) is 0 Å². The summed E-state index contributed by atoms with van der Waals surface area (Å²) in [7, 11) is -3.84. The fraction of sp³-hybridized carbons (Fsp3) is 0.0455. The first-order valence-electron chi connectivity index (χ1n) is 9.42. The Morgan fingerprint density at radius 3 is 2.22 bits per heavy atom. The number of halogens is 1. The van der Waals surface area contributed by atoms with E-state index in [-0.39, 0.29) is 21.4 Å². The van der Waals surface area contributed by atoms with E-state index in [4.69, 9.17) is 11.6 Å². The molecule has 0 radical (unpaired) electrons. The molecule has 4 rings (SSSR count). The smallest absolute Gasteiger partial charge is 0.283 e. The Labute approximate surface area is 189 Å². The molecule has 1 aliphatic heterocycles. The van der Waals surface area contributed by atoms with Gasteiger partial charge in [-0.1, -0.05) is 35.4 Å². The molecule has 1 aromatic heterocycles. The van der Waals surface area contributed by atoms with Crippen molar-refractivity contribution in [3.63, 3.8) is 0 Å². The van der Waals surface area contributed by atoms with Gasteiger partial charge < -0.3 is 5.32 Å². The van der Waals surface area contributed by atoms with Crippen LogP contribution in [0, 0.1) is 6.92 Å². The van der Waals surface area contributed by atoms with Crippen LogP contribution >= 0.6 is 11.6 Å². The first-order chi connectivity index (χ1) is 15.3. The second-order valence-corrected chi connectivity index (χ2v) is 9.00. The highest BCUT2D eigenvalue weighted by atomic mass is 35.5. The average Bonchev–Trinajstić information content (AvgIpc) is 2.98. The van der Waals surface area contributed by atoms with E-state index in [1.54, 1.807) is 36.4 Å². The molecule has 2 aromatic carbocycles. The van der Waals surface area contributed by atoms with Crippen molar-refractivity contribution in [2.75, 3.05) is 14.9 Å². The Bertz CT molecular complexity index is 1320. The van der Waals surface area contributed by atoms with Gasteiger partial charge in [-0.2, -0.15) is 0 Å². The van der Waals surface area contributed by atoms with Crippen LogP contribution in [-0.4, -0.2) is 25.2 Å². The molecule has 32 heavy (non-hydrogen) atoms. The van der Waals surface area contributed by atoms with E-state index in [0.29, 0.717) is 11.4 Å². The molecule has 3 aromatic rings. The summed E-state index contributed by atoms with van der Waals surface area (Å²) in [5, 5.41) is 2.57. The van der Waals surface area contributed by atoms with Crippen LogP contribution in [0.2, 0.25) is 0 Å². The molecule has 8 nitrogen and oxygen atoms in total. The average molecular weight is 469 g/mol.